The lowest BCUT2D eigenvalue weighted by atomic mass is 9.66. The van der Waals surface area contributed by atoms with Gasteiger partial charge in [-0.15, -0.1) is 0 Å². The van der Waals surface area contributed by atoms with Crippen LogP contribution in [0.25, 0.3) is 44.2 Å². The summed E-state index contributed by atoms with van der Waals surface area (Å²) >= 11 is 0. The molecule has 4 aliphatic rings. The maximum Gasteiger partial charge on any atom is 0.132 e. The van der Waals surface area contributed by atoms with E-state index in [4.69, 9.17) is 9.47 Å². The van der Waals surface area contributed by atoms with E-state index in [0.717, 1.165) is 62.3 Å². The average Bonchev–Trinajstić information content (AvgIpc) is 3.88. The molecule has 0 fully saturated rings. The number of rotatable bonds is 4. The van der Waals surface area contributed by atoms with Crippen LogP contribution in [0, 0.1) is 0 Å². The van der Waals surface area contributed by atoms with Gasteiger partial charge in [0.2, 0.25) is 0 Å². The number of benzene rings is 11. The molecule has 2 spiro atoms. The summed E-state index contributed by atoms with van der Waals surface area (Å²) in [6.07, 6.45) is 0. The molecular formula is C66H41NO2. The number of nitrogens with zero attached hydrogens (tertiary/aromatic N) is 1. The molecule has 2 heterocycles. The Morgan fingerprint density at radius 3 is 1.28 bits per heavy atom. The third-order valence-electron chi connectivity index (χ3n) is 15.4. The monoisotopic (exact) mass is 879 g/mol. The van der Waals surface area contributed by atoms with E-state index in [0.29, 0.717) is 0 Å². The quantitative estimate of drug-likeness (QED) is 0.176. The summed E-state index contributed by atoms with van der Waals surface area (Å²) in [5, 5.41) is 2.40. The molecule has 0 amide bonds. The van der Waals surface area contributed by atoms with E-state index >= 15 is 0 Å². The van der Waals surface area contributed by atoms with Crippen LogP contribution >= 0.6 is 0 Å². The van der Waals surface area contributed by atoms with E-state index in [-0.39, 0.29) is 0 Å². The molecule has 0 saturated carbocycles. The van der Waals surface area contributed by atoms with Gasteiger partial charge in [0.1, 0.15) is 23.0 Å². The molecule has 2 aliphatic heterocycles. The van der Waals surface area contributed by atoms with Crippen LogP contribution in [0.3, 0.4) is 0 Å². The molecule has 2 aliphatic carbocycles. The van der Waals surface area contributed by atoms with Crippen molar-refractivity contribution in [2.24, 2.45) is 0 Å². The Morgan fingerprint density at radius 2 is 0.710 bits per heavy atom. The summed E-state index contributed by atoms with van der Waals surface area (Å²) in [5.74, 6) is 3.55. The lowest BCUT2D eigenvalue weighted by Gasteiger charge is -2.39. The Balaban J connectivity index is 1.01. The summed E-state index contributed by atoms with van der Waals surface area (Å²) in [7, 11) is 0. The van der Waals surface area contributed by atoms with Gasteiger partial charge in [-0.2, -0.15) is 0 Å². The largest absolute Gasteiger partial charge is 0.457 e. The van der Waals surface area contributed by atoms with Crippen molar-refractivity contribution in [3.05, 3.63) is 293 Å². The van der Waals surface area contributed by atoms with Crippen molar-refractivity contribution >= 4 is 27.8 Å². The molecule has 3 heteroatoms. The molecule has 0 N–H and O–H groups in total. The van der Waals surface area contributed by atoms with Crippen molar-refractivity contribution in [3.8, 4) is 56.4 Å². The standard InChI is InChI=1S/C66H41NO2/c1-2-17-42(18-3-1)43-33-37-45(38-34-43)67(58-28-16-27-56-64(58)48-20-5-7-22-51(48)65(56)52-23-8-12-29-59(52)68-60-30-13-9-24-53(60)65)46-39-35-44-36-40-57-63(49(44)41-46)47-19-4-6-21-50(47)66(57)54-25-10-14-31-61(54)69-62-32-15-11-26-55(62)66/h1-41H. The highest BCUT2D eigenvalue weighted by Crippen LogP contribution is 2.66. The molecule has 3 nitrogen and oxygen atoms in total. The van der Waals surface area contributed by atoms with Gasteiger partial charge >= 0.3 is 0 Å². The van der Waals surface area contributed by atoms with Crippen LogP contribution in [-0.4, -0.2) is 0 Å². The fourth-order valence-corrected chi connectivity index (χ4v) is 12.7. The van der Waals surface area contributed by atoms with Crippen LogP contribution in [0.1, 0.15) is 44.5 Å². The van der Waals surface area contributed by atoms with Crippen LogP contribution in [0.2, 0.25) is 0 Å². The van der Waals surface area contributed by atoms with Gasteiger partial charge in [-0.25, -0.2) is 0 Å². The van der Waals surface area contributed by atoms with Crippen molar-refractivity contribution in [1.82, 2.24) is 0 Å². The summed E-state index contributed by atoms with van der Waals surface area (Å²) in [4.78, 5) is 2.50. The lowest BCUT2D eigenvalue weighted by molar-refractivity contribution is 0.436. The molecule has 0 aromatic heterocycles. The second-order valence-electron chi connectivity index (χ2n) is 18.6. The minimum Gasteiger partial charge on any atom is -0.457 e. The van der Waals surface area contributed by atoms with Crippen LogP contribution in [0.4, 0.5) is 17.1 Å². The Bertz CT molecular complexity index is 3830. The van der Waals surface area contributed by atoms with Gasteiger partial charge in [0.15, 0.2) is 0 Å². The first-order valence-electron chi connectivity index (χ1n) is 23.8. The predicted molar refractivity (Wildman–Crippen MR) is 279 cm³/mol. The van der Waals surface area contributed by atoms with Gasteiger partial charge in [-0.3, -0.25) is 0 Å². The zero-order chi connectivity index (χ0) is 45.3. The van der Waals surface area contributed by atoms with E-state index < -0.39 is 10.8 Å². The van der Waals surface area contributed by atoms with E-state index in [1.165, 1.54) is 66.4 Å². The molecule has 0 saturated heterocycles. The smallest absolute Gasteiger partial charge is 0.132 e. The number of ether oxygens (including phenoxy) is 2. The molecule has 69 heavy (non-hydrogen) atoms. The van der Waals surface area contributed by atoms with Gasteiger partial charge in [0.25, 0.3) is 0 Å². The first kappa shape index (κ1) is 38.2. The zero-order valence-electron chi connectivity index (χ0n) is 37.4. The van der Waals surface area contributed by atoms with Crippen LogP contribution < -0.4 is 14.4 Å². The highest BCUT2D eigenvalue weighted by molar-refractivity contribution is 6.07. The average molecular weight is 880 g/mol. The van der Waals surface area contributed by atoms with E-state index in [2.05, 4.69) is 254 Å². The summed E-state index contributed by atoms with van der Waals surface area (Å²) in [6.45, 7) is 0. The molecule has 322 valence electrons. The first-order chi connectivity index (χ1) is 34.2. The van der Waals surface area contributed by atoms with Gasteiger partial charge in [0.05, 0.1) is 16.5 Å². The Morgan fingerprint density at radius 1 is 0.290 bits per heavy atom. The maximum absolute atomic E-state index is 6.72. The van der Waals surface area contributed by atoms with Crippen molar-refractivity contribution in [3.63, 3.8) is 0 Å². The molecule has 0 bridgehead atoms. The van der Waals surface area contributed by atoms with E-state index in [1.807, 2.05) is 0 Å². The summed E-state index contributed by atoms with van der Waals surface area (Å²) < 4.78 is 13.4. The number of fused-ring (bicyclic) bond motifs is 20. The third-order valence-corrected chi connectivity index (χ3v) is 15.4. The lowest BCUT2D eigenvalue weighted by Crippen LogP contribution is -2.32. The van der Waals surface area contributed by atoms with Crippen molar-refractivity contribution in [2.75, 3.05) is 4.90 Å². The predicted octanol–water partition coefficient (Wildman–Crippen LogP) is 16.9. The second kappa shape index (κ2) is 14.3. The van der Waals surface area contributed by atoms with Crippen LogP contribution in [-0.2, 0) is 10.8 Å². The number of hydrogen-bond donors (Lipinski definition) is 0. The van der Waals surface area contributed by atoms with E-state index in [1.54, 1.807) is 0 Å². The second-order valence-corrected chi connectivity index (χ2v) is 18.6. The van der Waals surface area contributed by atoms with Gasteiger partial charge < -0.3 is 14.4 Å². The Labute approximate surface area is 400 Å². The highest BCUT2D eigenvalue weighted by atomic mass is 16.5. The molecule has 0 unspecified atom stereocenters. The molecule has 15 rings (SSSR count). The SMILES string of the molecule is c1ccc(-c2ccc(N(c3ccc4ccc5c(c4c3)-c3ccccc3C53c4ccccc4Oc4ccccc43)c3cccc4c3-c3ccccc3C43c4ccccc4Oc4ccccc43)cc2)cc1. The molecule has 11 aromatic rings. The summed E-state index contributed by atoms with van der Waals surface area (Å²) in [5.41, 5.74) is 19.0. The number of anilines is 3. The van der Waals surface area contributed by atoms with Gasteiger partial charge in [0, 0.05) is 39.2 Å². The molecule has 0 radical (unpaired) electrons. The van der Waals surface area contributed by atoms with Crippen molar-refractivity contribution in [1.29, 1.82) is 0 Å². The Hall–Kier alpha value is -8.92. The number of hydrogen-bond acceptors (Lipinski definition) is 3. The summed E-state index contributed by atoms with van der Waals surface area (Å²) in [6, 6.07) is 90.9. The van der Waals surface area contributed by atoms with Crippen LogP contribution in [0.15, 0.2) is 249 Å². The number of para-hydroxylation sites is 4. The minimum atomic E-state index is -0.602. The van der Waals surface area contributed by atoms with Gasteiger partial charge in [-0.05, 0) is 115 Å². The van der Waals surface area contributed by atoms with Crippen molar-refractivity contribution in [2.45, 2.75) is 10.8 Å². The minimum absolute atomic E-state index is 0.566. The Kier molecular flexibility index (Phi) is 7.92. The first-order valence-corrected chi connectivity index (χ1v) is 23.8. The molecule has 11 aromatic carbocycles. The molecule has 0 atom stereocenters. The maximum atomic E-state index is 6.72. The van der Waals surface area contributed by atoms with Crippen LogP contribution in [0.5, 0.6) is 23.0 Å². The van der Waals surface area contributed by atoms with Crippen molar-refractivity contribution < 1.29 is 9.47 Å². The fourth-order valence-electron chi connectivity index (χ4n) is 12.7. The third kappa shape index (κ3) is 5.06. The molecular weight excluding hydrogens is 839 g/mol. The normalized spacial score (nSPS) is 14.3. The fraction of sp³-hybridized carbons (Fsp3) is 0.0303. The van der Waals surface area contributed by atoms with E-state index in [9.17, 15) is 0 Å². The van der Waals surface area contributed by atoms with Gasteiger partial charge in [-0.1, -0.05) is 194 Å². The topological polar surface area (TPSA) is 21.7 Å². The highest BCUT2D eigenvalue weighted by Gasteiger charge is 2.53. The zero-order valence-corrected chi connectivity index (χ0v) is 37.4.